The predicted molar refractivity (Wildman–Crippen MR) is 76.7 cm³/mol. The zero-order valence-electron chi connectivity index (χ0n) is 9.91. The average molecular weight is 254 g/mol. The van der Waals surface area contributed by atoms with Crippen LogP contribution in [0.4, 0.5) is 0 Å². The molecule has 0 aliphatic rings. The first-order valence-electron chi connectivity index (χ1n) is 5.96. The minimum atomic E-state index is 0.0102. The number of nitrogens with two attached hydrogens (primary N) is 1. The van der Waals surface area contributed by atoms with E-state index in [0.29, 0.717) is 0 Å². The molecule has 0 aliphatic heterocycles. The summed E-state index contributed by atoms with van der Waals surface area (Å²) < 4.78 is 1.30. The highest BCUT2D eigenvalue weighted by Gasteiger charge is 2.12. The number of rotatable bonds is 3. The molecule has 0 saturated heterocycles. The lowest BCUT2D eigenvalue weighted by molar-refractivity contribution is 0.714. The first-order valence-corrected chi connectivity index (χ1v) is 6.84. The Hall–Kier alpha value is -1.71. The number of hydrogen-bond acceptors (Lipinski definition) is 3. The third-order valence-corrected chi connectivity index (χ3v) is 4.05. The number of hydrogen-bond donors (Lipinski definition) is 1. The van der Waals surface area contributed by atoms with Crippen molar-refractivity contribution in [2.24, 2.45) is 5.73 Å². The van der Waals surface area contributed by atoms with Gasteiger partial charge in [-0.05, 0) is 34.5 Å². The molecule has 0 amide bonds. The molecule has 90 valence electrons. The normalized spacial score (nSPS) is 12.7. The Labute approximate surface area is 110 Å². The van der Waals surface area contributed by atoms with Crippen LogP contribution in [0.3, 0.4) is 0 Å². The lowest BCUT2D eigenvalue weighted by Gasteiger charge is -2.10. The van der Waals surface area contributed by atoms with Gasteiger partial charge in [0.15, 0.2) is 0 Å². The molecule has 3 heteroatoms. The molecule has 18 heavy (non-hydrogen) atoms. The highest BCUT2D eigenvalue weighted by molar-refractivity contribution is 7.17. The summed E-state index contributed by atoms with van der Waals surface area (Å²) in [7, 11) is 0. The average Bonchev–Trinajstić information content (AvgIpc) is 2.84. The summed E-state index contributed by atoms with van der Waals surface area (Å²) in [5.74, 6) is 0. The van der Waals surface area contributed by atoms with Gasteiger partial charge in [0, 0.05) is 29.1 Å². The van der Waals surface area contributed by atoms with E-state index >= 15 is 0 Å². The van der Waals surface area contributed by atoms with E-state index in [9.17, 15) is 0 Å². The van der Waals surface area contributed by atoms with Crippen LogP contribution in [0.15, 0.2) is 54.0 Å². The van der Waals surface area contributed by atoms with Crippen molar-refractivity contribution >= 4 is 21.4 Å². The summed E-state index contributed by atoms with van der Waals surface area (Å²) in [6.45, 7) is 0. The molecule has 0 saturated carbocycles. The van der Waals surface area contributed by atoms with Crippen molar-refractivity contribution in [2.45, 2.75) is 12.5 Å². The number of pyridine rings is 1. The molecule has 3 aromatic rings. The van der Waals surface area contributed by atoms with Crippen LogP contribution < -0.4 is 5.73 Å². The fourth-order valence-corrected chi connectivity index (χ4v) is 3.17. The maximum Gasteiger partial charge on any atom is 0.0422 e. The fraction of sp³-hybridized carbons (Fsp3) is 0.133. The molecule has 0 fully saturated rings. The monoisotopic (exact) mass is 254 g/mol. The second-order valence-corrected chi connectivity index (χ2v) is 5.23. The summed E-state index contributed by atoms with van der Waals surface area (Å²) in [6, 6.07) is 14.4. The van der Waals surface area contributed by atoms with Gasteiger partial charge in [-0.1, -0.05) is 24.3 Å². The lowest BCUT2D eigenvalue weighted by atomic mass is 10.0. The van der Waals surface area contributed by atoms with Crippen molar-refractivity contribution in [3.05, 3.63) is 65.3 Å². The van der Waals surface area contributed by atoms with Gasteiger partial charge in [0.2, 0.25) is 0 Å². The van der Waals surface area contributed by atoms with Gasteiger partial charge < -0.3 is 5.73 Å². The van der Waals surface area contributed by atoms with Crippen molar-refractivity contribution in [3.63, 3.8) is 0 Å². The number of benzene rings is 1. The standard InChI is InChI=1S/C15H14N2S/c16-14(9-11-5-3-4-8-17-11)13-10-18-15-7-2-1-6-12(13)15/h1-8,10,14H,9,16H2. The topological polar surface area (TPSA) is 38.9 Å². The molecule has 0 radical (unpaired) electrons. The quantitative estimate of drug-likeness (QED) is 0.776. The highest BCUT2D eigenvalue weighted by atomic mass is 32.1. The first-order chi connectivity index (χ1) is 8.84. The van der Waals surface area contributed by atoms with Crippen LogP contribution >= 0.6 is 11.3 Å². The minimum Gasteiger partial charge on any atom is -0.324 e. The molecule has 3 rings (SSSR count). The smallest absolute Gasteiger partial charge is 0.0422 e. The molecule has 1 atom stereocenters. The third-order valence-electron chi connectivity index (χ3n) is 3.07. The summed E-state index contributed by atoms with van der Waals surface area (Å²) in [5.41, 5.74) is 8.57. The van der Waals surface area contributed by atoms with E-state index in [4.69, 9.17) is 5.73 Å². The van der Waals surface area contributed by atoms with Gasteiger partial charge >= 0.3 is 0 Å². The van der Waals surface area contributed by atoms with Crippen LogP contribution in [0.1, 0.15) is 17.3 Å². The Balaban J connectivity index is 1.90. The van der Waals surface area contributed by atoms with Gasteiger partial charge in [0.05, 0.1) is 0 Å². The lowest BCUT2D eigenvalue weighted by Crippen LogP contribution is -2.13. The number of thiophene rings is 1. The Bertz CT molecular complexity index is 646. The molecule has 1 aromatic carbocycles. The summed E-state index contributed by atoms with van der Waals surface area (Å²) in [4.78, 5) is 4.33. The predicted octanol–water partition coefficient (Wildman–Crippen LogP) is 3.54. The van der Waals surface area contributed by atoms with E-state index in [-0.39, 0.29) is 6.04 Å². The molecule has 2 nitrogen and oxygen atoms in total. The molecule has 2 N–H and O–H groups in total. The summed E-state index contributed by atoms with van der Waals surface area (Å²) in [6.07, 6.45) is 2.59. The SMILES string of the molecule is NC(Cc1ccccn1)c1csc2ccccc12. The van der Waals surface area contributed by atoms with Gasteiger partial charge in [-0.3, -0.25) is 4.98 Å². The van der Waals surface area contributed by atoms with Gasteiger partial charge in [0.1, 0.15) is 0 Å². The highest BCUT2D eigenvalue weighted by Crippen LogP contribution is 2.30. The number of fused-ring (bicyclic) bond motifs is 1. The maximum atomic E-state index is 6.30. The Kier molecular flexibility index (Phi) is 3.09. The van der Waals surface area contributed by atoms with Crippen LogP contribution in [-0.4, -0.2) is 4.98 Å². The van der Waals surface area contributed by atoms with E-state index in [1.807, 2.05) is 24.4 Å². The van der Waals surface area contributed by atoms with Crippen molar-refractivity contribution in [1.82, 2.24) is 4.98 Å². The van der Waals surface area contributed by atoms with E-state index in [2.05, 4.69) is 34.6 Å². The van der Waals surface area contributed by atoms with Crippen LogP contribution in [0.2, 0.25) is 0 Å². The second kappa shape index (κ2) is 4.88. The van der Waals surface area contributed by atoms with Gasteiger partial charge in [-0.25, -0.2) is 0 Å². The van der Waals surface area contributed by atoms with Gasteiger partial charge in [-0.2, -0.15) is 0 Å². The molecule has 0 aliphatic carbocycles. The molecular weight excluding hydrogens is 240 g/mol. The molecule has 0 bridgehead atoms. The maximum absolute atomic E-state index is 6.30. The van der Waals surface area contributed by atoms with Crippen LogP contribution in [0.25, 0.3) is 10.1 Å². The van der Waals surface area contributed by atoms with Crippen molar-refractivity contribution < 1.29 is 0 Å². The van der Waals surface area contributed by atoms with Crippen LogP contribution in [0, 0.1) is 0 Å². The summed E-state index contributed by atoms with van der Waals surface area (Å²) >= 11 is 1.75. The largest absolute Gasteiger partial charge is 0.324 e. The van der Waals surface area contributed by atoms with Crippen LogP contribution in [-0.2, 0) is 6.42 Å². The van der Waals surface area contributed by atoms with Crippen LogP contribution in [0.5, 0.6) is 0 Å². The minimum absolute atomic E-state index is 0.0102. The molecule has 1 unspecified atom stereocenters. The zero-order chi connectivity index (χ0) is 12.4. The molecular formula is C15H14N2S. The Morgan fingerprint density at radius 3 is 2.78 bits per heavy atom. The van der Waals surface area contributed by atoms with E-state index in [1.165, 1.54) is 15.6 Å². The molecule has 0 spiro atoms. The Morgan fingerprint density at radius 1 is 1.11 bits per heavy atom. The van der Waals surface area contributed by atoms with Crippen molar-refractivity contribution in [1.29, 1.82) is 0 Å². The Morgan fingerprint density at radius 2 is 1.94 bits per heavy atom. The molecule has 2 heterocycles. The summed E-state index contributed by atoms with van der Waals surface area (Å²) in [5, 5.41) is 3.43. The van der Waals surface area contributed by atoms with E-state index in [1.54, 1.807) is 11.3 Å². The van der Waals surface area contributed by atoms with Gasteiger partial charge in [-0.15, -0.1) is 11.3 Å². The second-order valence-electron chi connectivity index (χ2n) is 4.32. The third kappa shape index (κ3) is 2.15. The zero-order valence-corrected chi connectivity index (χ0v) is 10.7. The fourth-order valence-electron chi connectivity index (χ4n) is 2.14. The van der Waals surface area contributed by atoms with E-state index < -0.39 is 0 Å². The first kappa shape index (κ1) is 11.4. The number of nitrogens with zero attached hydrogens (tertiary/aromatic N) is 1. The van der Waals surface area contributed by atoms with Crippen molar-refractivity contribution in [3.8, 4) is 0 Å². The van der Waals surface area contributed by atoms with Gasteiger partial charge in [0.25, 0.3) is 0 Å². The molecule has 2 aromatic heterocycles. The van der Waals surface area contributed by atoms with E-state index in [0.717, 1.165) is 12.1 Å². The van der Waals surface area contributed by atoms with Crippen molar-refractivity contribution in [2.75, 3.05) is 0 Å². The number of aromatic nitrogens is 1.